The summed E-state index contributed by atoms with van der Waals surface area (Å²) in [7, 11) is 1.33. The highest BCUT2D eigenvalue weighted by atomic mass is 16.5. The van der Waals surface area contributed by atoms with Gasteiger partial charge in [0, 0.05) is 18.9 Å². The Morgan fingerprint density at radius 3 is 2.78 bits per heavy atom. The van der Waals surface area contributed by atoms with E-state index in [1.807, 2.05) is 13.0 Å². The van der Waals surface area contributed by atoms with Crippen LogP contribution in [0.3, 0.4) is 0 Å². The molecule has 1 spiro atoms. The number of rotatable bonds is 2. The van der Waals surface area contributed by atoms with Gasteiger partial charge in [0.2, 0.25) is 0 Å². The quantitative estimate of drug-likeness (QED) is 0.670. The highest BCUT2D eigenvalue weighted by Gasteiger charge is 2.41. The first kappa shape index (κ1) is 15.7. The zero-order chi connectivity index (χ0) is 16.4. The van der Waals surface area contributed by atoms with Gasteiger partial charge in [-0.2, -0.15) is 0 Å². The third-order valence-corrected chi connectivity index (χ3v) is 4.53. The maximum absolute atomic E-state index is 12.6. The average molecular weight is 315 g/mol. The summed E-state index contributed by atoms with van der Waals surface area (Å²) in [5, 5.41) is 3.31. The van der Waals surface area contributed by atoms with E-state index < -0.39 is 5.97 Å². The van der Waals surface area contributed by atoms with Crippen molar-refractivity contribution in [1.29, 1.82) is 0 Å². The lowest BCUT2D eigenvalue weighted by atomic mass is 9.82. The number of piperidine rings is 1. The number of benzene rings is 1. The SMILES string of the molecule is COC(=O)C=Cc1cc(C)c2c(c1)C(=O)CC1(CCNCC1)O2. The van der Waals surface area contributed by atoms with Gasteiger partial charge in [-0.1, -0.05) is 0 Å². The summed E-state index contributed by atoms with van der Waals surface area (Å²) in [6.07, 6.45) is 5.12. The number of hydrogen-bond acceptors (Lipinski definition) is 5. The van der Waals surface area contributed by atoms with Crippen molar-refractivity contribution < 1.29 is 19.1 Å². The number of carbonyl (C=O) groups excluding carboxylic acids is 2. The molecule has 0 aromatic heterocycles. The molecule has 1 N–H and O–H groups in total. The molecular formula is C18H21NO4. The van der Waals surface area contributed by atoms with Crippen molar-refractivity contribution in [2.45, 2.75) is 31.8 Å². The van der Waals surface area contributed by atoms with E-state index in [9.17, 15) is 9.59 Å². The number of ketones is 1. The number of aryl methyl sites for hydroxylation is 1. The smallest absolute Gasteiger partial charge is 0.330 e. The molecule has 2 heterocycles. The Morgan fingerprint density at radius 1 is 1.35 bits per heavy atom. The van der Waals surface area contributed by atoms with Crippen LogP contribution in [-0.2, 0) is 9.53 Å². The zero-order valence-corrected chi connectivity index (χ0v) is 13.5. The van der Waals surface area contributed by atoms with Crippen LogP contribution >= 0.6 is 0 Å². The van der Waals surface area contributed by atoms with E-state index in [1.54, 1.807) is 12.1 Å². The number of esters is 1. The maximum Gasteiger partial charge on any atom is 0.330 e. The second-order valence-electron chi connectivity index (χ2n) is 6.21. The van der Waals surface area contributed by atoms with Crippen molar-refractivity contribution >= 4 is 17.8 Å². The van der Waals surface area contributed by atoms with Gasteiger partial charge in [-0.25, -0.2) is 4.79 Å². The van der Waals surface area contributed by atoms with Crippen LogP contribution in [-0.4, -0.2) is 37.6 Å². The molecule has 3 rings (SSSR count). The molecular weight excluding hydrogens is 294 g/mol. The van der Waals surface area contributed by atoms with Gasteiger partial charge in [0.25, 0.3) is 0 Å². The molecule has 1 aromatic carbocycles. The predicted molar refractivity (Wildman–Crippen MR) is 86.6 cm³/mol. The lowest BCUT2D eigenvalue weighted by Crippen LogP contribution is -2.49. The van der Waals surface area contributed by atoms with Crippen LogP contribution in [0.1, 0.15) is 40.7 Å². The summed E-state index contributed by atoms with van der Waals surface area (Å²) in [5.41, 5.74) is 1.96. The van der Waals surface area contributed by atoms with E-state index >= 15 is 0 Å². The van der Waals surface area contributed by atoms with Crippen molar-refractivity contribution in [1.82, 2.24) is 5.32 Å². The highest BCUT2D eigenvalue weighted by molar-refractivity contribution is 6.01. The van der Waals surface area contributed by atoms with Crippen LogP contribution in [0, 0.1) is 6.92 Å². The van der Waals surface area contributed by atoms with Crippen molar-refractivity contribution in [2.75, 3.05) is 20.2 Å². The van der Waals surface area contributed by atoms with Crippen LogP contribution in [0.4, 0.5) is 0 Å². The fourth-order valence-electron chi connectivity index (χ4n) is 3.27. The van der Waals surface area contributed by atoms with E-state index in [1.165, 1.54) is 13.2 Å². The van der Waals surface area contributed by atoms with Crippen LogP contribution in [0.25, 0.3) is 6.08 Å². The molecule has 122 valence electrons. The Balaban J connectivity index is 1.93. The molecule has 1 fully saturated rings. The van der Waals surface area contributed by atoms with Gasteiger partial charge in [-0.05, 0) is 49.3 Å². The monoisotopic (exact) mass is 315 g/mol. The van der Waals surface area contributed by atoms with Crippen LogP contribution in [0.2, 0.25) is 0 Å². The molecule has 0 unspecified atom stereocenters. The first-order chi connectivity index (χ1) is 11.0. The van der Waals surface area contributed by atoms with Gasteiger partial charge < -0.3 is 14.8 Å². The van der Waals surface area contributed by atoms with Crippen LogP contribution in [0.15, 0.2) is 18.2 Å². The number of nitrogens with one attached hydrogen (secondary N) is 1. The molecule has 0 bridgehead atoms. The van der Waals surface area contributed by atoms with Crippen molar-refractivity contribution in [2.24, 2.45) is 0 Å². The van der Waals surface area contributed by atoms with Gasteiger partial charge in [-0.3, -0.25) is 4.79 Å². The maximum atomic E-state index is 12.6. The topological polar surface area (TPSA) is 64.6 Å². The largest absolute Gasteiger partial charge is 0.486 e. The van der Waals surface area contributed by atoms with E-state index in [0.29, 0.717) is 17.7 Å². The molecule has 1 saturated heterocycles. The van der Waals surface area contributed by atoms with Crippen LogP contribution in [0.5, 0.6) is 5.75 Å². The summed E-state index contributed by atoms with van der Waals surface area (Å²) in [4.78, 5) is 23.9. The Hall–Kier alpha value is -2.14. The Labute approximate surface area is 135 Å². The first-order valence-electron chi connectivity index (χ1n) is 7.87. The van der Waals surface area contributed by atoms with Gasteiger partial charge in [0.15, 0.2) is 5.78 Å². The minimum absolute atomic E-state index is 0.115. The molecule has 5 nitrogen and oxygen atoms in total. The number of fused-ring (bicyclic) bond motifs is 1. The molecule has 0 radical (unpaired) electrons. The van der Waals surface area contributed by atoms with Crippen molar-refractivity contribution in [3.63, 3.8) is 0 Å². The molecule has 23 heavy (non-hydrogen) atoms. The third-order valence-electron chi connectivity index (χ3n) is 4.53. The molecule has 2 aliphatic heterocycles. The number of hydrogen-bond donors (Lipinski definition) is 1. The predicted octanol–water partition coefficient (Wildman–Crippen LogP) is 2.27. The number of ether oxygens (including phenoxy) is 2. The molecule has 0 amide bonds. The normalized spacial score (nSPS) is 19.5. The first-order valence-corrected chi connectivity index (χ1v) is 7.87. The summed E-state index contributed by atoms with van der Waals surface area (Å²) in [6.45, 7) is 3.69. The van der Waals surface area contributed by atoms with E-state index in [-0.39, 0.29) is 11.4 Å². The third kappa shape index (κ3) is 3.15. The second-order valence-corrected chi connectivity index (χ2v) is 6.21. The van der Waals surface area contributed by atoms with Gasteiger partial charge in [0.1, 0.15) is 11.4 Å². The summed E-state index contributed by atoms with van der Waals surface area (Å²) in [5.74, 6) is 0.388. The lowest BCUT2D eigenvalue weighted by molar-refractivity contribution is -0.134. The van der Waals surface area contributed by atoms with Crippen LogP contribution < -0.4 is 10.1 Å². The molecule has 0 saturated carbocycles. The fourth-order valence-corrected chi connectivity index (χ4v) is 3.27. The molecule has 2 aliphatic rings. The van der Waals surface area contributed by atoms with Gasteiger partial charge in [0.05, 0.1) is 19.1 Å². The van der Waals surface area contributed by atoms with Crippen molar-refractivity contribution in [3.8, 4) is 5.75 Å². The summed E-state index contributed by atoms with van der Waals surface area (Å²) >= 11 is 0. The molecule has 0 aliphatic carbocycles. The molecule has 1 aromatic rings. The molecule has 0 atom stereocenters. The second kappa shape index (κ2) is 6.16. The standard InChI is InChI=1S/C18H21NO4/c1-12-9-13(3-4-16(21)22-2)10-14-15(20)11-18(23-17(12)14)5-7-19-8-6-18/h3-4,9-10,19H,5-8,11H2,1-2H3. The van der Waals surface area contributed by atoms with Gasteiger partial charge >= 0.3 is 5.97 Å². The Bertz CT molecular complexity index is 672. The Kier molecular flexibility index (Phi) is 4.22. The van der Waals surface area contributed by atoms with E-state index in [2.05, 4.69) is 10.1 Å². The number of carbonyl (C=O) groups is 2. The Morgan fingerprint density at radius 2 is 2.09 bits per heavy atom. The summed E-state index contributed by atoms with van der Waals surface area (Å²) in [6, 6.07) is 3.71. The van der Waals surface area contributed by atoms with Gasteiger partial charge in [-0.15, -0.1) is 0 Å². The molecule has 5 heteroatoms. The minimum Gasteiger partial charge on any atom is -0.486 e. The minimum atomic E-state index is -0.420. The summed E-state index contributed by atoms with van der Waals surface area (Å²) < 4.78 is 10.9. The average Bonchev–Trinajstić information content (AvgIpc) is 2.54. The lowest BCUT2D eigenvalue weighted by Gasteiger charge is -2.41. The van der Waals surface area contributed by atoms with Crippen molar-refractivity contribution in [3.05, 3.63) is 34.9 Å². The van der Waals surface area contributed by atoms with E-state index in [4.69, 9.17) is 4.74 Å². The number of Topliss-reactive ketones (excluding diaryl/α,β-unsaturated/α-hetero) is 1. The zero-order valence-electron chi connectivity index (χ0n) is 13.5. The number of methoxy groups -OCH3 is 1. The highest BCUT2D eigenvalue weighted by Crippen LogP contribution is 2.40. The van der Waals surface area contributed by atoms with E-state index in [0.717, 1.165) is 37.1 Å². The fraction of sp³-hybridized carbons (Fsp3) is 0.444.